The van der Waals surface area contributed by atoms with Crippen LogP contribution in [0.25, 0.3) is 0 Å². The standard InChI is InChI=1S/C17H19N3O6S/c1-9(2)19-7-6-10-12(8-19)27-16(14(10)17(22)25-3)18-15(21)11-4-5-13(26-11)20(23)24/h4-5,9H,6-8H2,1-3H3,(H,18,21)/i3-1. The van der Waals surface area contributed by atoms with Crippen molar-refractivity contribution >= 4 is 34.1 Å². The van der Waals surface area contributed by atoms with Gasteiger partial charge in [-0.3, -0.25) is 19.8 Å². The lowest BCUT2D eigenvalue weighted by Crippen LogP contribution is -2.35. The lowest BCUT2D eigenvalue weighted by molar-refractivity contribution is -0.402. The molecule has 0 radical (unpaired) electrons. The predicted octanol–water partition coefficient (Wildman–Crippen LogP) is 3.05. The summed E-state index contributed by atoms with van der Waals surface area (Å²) in [4.78, 5) is 38.0. The minimum atomic E-state index is -0.721. The van der Waals surface area contributed by atoms with Crippen LogP contribution in [-0.2, 0) is 17.7 Å². The zero-order chi connectivity index (χ0) is 19.7. The van der Waals surface area contributed by atoms with E-state index in [-0.39, 0.29) is 5.76 Å². The Bertz CT molecular complexity index is 901. The maximum absolute atomic E-state index is 12.4. The number of ether oxygens (including phenoxy) is 1. The molecule has 0 unspecified atom stereocenters. The van der Waals surface area contributed by atoms with Crippen LogP contribution in [0, 0.1) is 10.1 Å². The molecule has 0 bridgehead atoms. The summed E-state index contributed by atoms with van der Waals surface area (Å²) >= 11 is 1.31. The number of amides is 1. The van der Waals surface area contributed by atoms with Gasteiger partial charge in [-0.15, -0.1) is 11.3 Å². The van der Waals surface area contributed by atoms with Gasteiger partial charge in [0.2, 0.25) is 0 Å². The Morgan fingerprint density at radius 3 is 2.74 bits per heavy atom. The van der Waals surface area contributed by atoms with E-state index in [1.165, 1.54) is 24.5 Å². The number of hydrogen-bond donors (Lipinski definition) is 1. The molecule has 9 nitrogen and oxygen atoms in total. The molecule has 3 rings (SSSR count). The molecule has 1 N–H and O–H groups in total. The first-order valence-electron chi connectivity index (χ1n) is 8.34. The second-order valence-corrected chi connectivity index (χ2v) is 7.47. The fourth-order valence-electron chi connectivity index (χ4n) is 2.98. The maximum Gasteiger partial charge on any atom is 0.433 e. The van der Waals surface area contributed by atoms with Crippen molar-refractivity contribution in [1.29, 1.82) is 0 Å². The van der Waals surface area contributed by atoms with E-state index in [2.05, 4.69) is 24.1 Å². The molecule has 27 heavy (non-hydrogen) atoms. The van der Waals surface area contributed by atoms with Gasteiger partial charge in [-0.05, 0) is 31.9 Å². The van der Waals surface area contributed by atoms with Crippen LogP contribution >= 0.6 is 11.3 Å². The van der Waals surface area contributed by atoms with Crippen LogP contribution in [0.3, 0.4) is 0 Å². The predicted molar refractivity (Wildman–Crippen MR) is 98.2 cm³/mol. The van der Waals surface area contributed by atoms with E-state index in [0.29, 0.717) is 29.6 Å². The third kappa shape index (κ3) is 3.71. The summed E-state index contributed by atoms with van der Waals surface area (Å²) in [5.41, 5.74) is 1.22. The Morgan fingerprint density at radius 2 is 2.15 bits per heavy atom. The lowest BCUT2D eigenvalue weighted by atomic mass is 10.0. The molecule has 2 aromatic rings. The highest BCUT2D eigenvalue weighted by molar-refractivity contribution is 7.17. The second kappa shape index (κ2) is 7.49. The zero-order valence-corrected chi connectivity index (χ0v) is 15.9. The van der Waals surface area contributed by atoms with Crippen molar-refractivity contribution in [1.82, 2.24) is 4.90 Å². The SMILES string of the molecule is CC(C)N1CCc2c(sc(NC(=O)c3ccc([N+](=O)[O-])o3)c2C(=O)O[11CH3])C1. The number of nitro groups is 1. The summed E-state index contributed by atoms with van der Waals surface area (Å²) in [6.45, 7) is 5.70. The number of carbonyl (C=O) groups is 2. The normalized spacial score (nSPS) is 14.1. The molecule has 3 heterocycles. The van der Waals surface area contributed by atoms with Gasteiger partial charge in [-0.2, -0.15) is 0 Å². The van der Waals surface area contributed by atoms with E-state index in [1.807, 2.05) is 0 Å². The second-order valence-electron chi connectivity index (χ2n) is 6.36. The van der Waals surface area contributed by atoms with E-state index in [0.717, 1.165) is 23.1 Å². The average molecular weight is 392 g/mol. The van der Waals surface area contributed by atoms with Gasteiger partial charge in [0.25, 0.3) is 5.91 Å². The van der Waals surface area contributed by atoms with Crippen LogP contribution in [-0.4, -0.2) is 41.4 Å². The minimum absolute atomic E-state index is 0.201. The van der Waals surface area contributed by atoms with Crippen LogP contribution in [0.1, 0.15) is 45.2 Å². The summed E-state index contributed by atoms with van der Waals surface area (Å²) in [7, 11) is 1.29. The van der Waals surface area contributed by atoms with Gasteiger partial charge in [-0.1, -0.05) is 0 Å². The maximum atomic E-state index is 12.4. The molecular weight excluding hydrogens is 373 g/mol. The first kappa shape index (κ1) is 19.1. The number of esters is 1. The fraction of sp³-hybridized carbons (Fsp3) is 0.412. The van der Waals surface area contributed by atoms with Gasteiger partial charge in [0.1, 0.15) is 9.92 Å². The largest absolute Gasteiger partial charge is 0.465 e. The Labute approximate surface area is 159 Å². The average Bonchev–Trinajstić information content (AvgIpc) is 3.25. The number of furan rings is 1. The highest BCUT2D eigenvalue weighted by atomic mass is 32.1. The van der Waals surface area contributed by atoms with Crippen molar-refractivity contribution in [2.75, 3.05) is 19.0 Å². The van der Waals surface area contributed by atoms with Gasteiger partial charge in [-0.25, -0.2) is 4.79 Å². The van der Waals surface area contributed by atoms with Crippen LogP contribution in [0.5, 0.6) is 0 Å². The summed E-state index contributed by atoms with van der Waals surface area (Å²) in [6.07, 6.45) is 0.677. The number of fused-ring (bicyclic) bond motifs is 1. The molecule has 0 saturated heterocycles. The van der Waals surface area contributed by atoms with Gasteiger partial charge < -0.3 is 14.5 Å². The van der Waals surface area contributed by atoms with Crippen molar-refractivity contribution < 1.29 is 23.7 Å². The highest BCUT2D eigenvalue weighted by Crippen LogP contribution is 2.38. The number of thiophene rings is 1. The van der Waals surface area contributed by atoms with E-state index in [1.54, 1.807) is 0 Å². The zero-order valence-electron chi connectivity index (χ0n) is 15.1. The Morgan fingerprint density at radius 1 is 1.41 bits per heavy atom. The summed E-state index contributed by atoms with van der Waals surface area (Å²) in [5, 5.41) is 13.7. The molecule has 1 aliphatic heterocycles. The van der Waals surface area contributed by atoms with Gasteiger partial charge in [0.05, 0.1) is 18.7 Å². The first-order valence-corrected chi connectivity index (χ1v) is 9.16. The van der Waals surface area contributed by atoms with Crippen LogP contribution in [0.2, 0.25) is 0 Å². The van der Waals surface area contributed by atoms with Crippen LogP contribution in [0.15, 0.2) is 16.5 Å². The van der Waals surface area contributed by atoms with Gasteiger partial charge in [0, 0.05) is 24.0 Å². The molecule has 0 fully saturated rings. The van der Waals surface area contributed by atoms with E-state index in [9.17, 15) is 19.7 Å². The number of rotatable bonds is 5. The molecule has 1 aliphatic rings. The first-order chi connectivity index (χ1) is 12.8. The monoisotopic (exact) mass is 392 g/mol. The number of methoxy groups -OCH3 is 1. The van der Waals surface area contributed by atoms with E-state index >= 15 is 0 Å². The van der Waals surface area contributed by atoms with Crippen molar-refractivity contribution in [2.24, 2.45) is 0 Å². The molecule has 0 spiro atoms. The molecule has 0 saturated carbocycles. The lowest BCUT2D eigenvalue weighted by Gasteiger charge is -2.30. The summed E-state index contributed by atoms with van der Waals surface area (Å²) < 4.78 is 9.81. The van der Waals surface area contributed by atoms with Crippen LogP contribution < -0.4 is 5.32 Å². The molecule has 144 valence electrons. The summed E-state index contributed by atoms with van der Waals surface area (Å²) in [6, 6.07) is 2.69. The smallest absolute Gasteiger partial charge is 0.433 e. The number of carbonyl (C=O) groups excluding carboxylic acids is 2. The molecule has 0 atom stereocenters. The molecule has 0 aliphatic carbocycles. The van der Waals surface area contributed by atoms with Crippen molar-refractivity contribution in [3.8, 4) is 0 Å². The molecule has 2 aromatic heterocycles. The molecule has 10 heteroatoms. The summed E-state index contributed by atoms with van der Waals surface area (Å²) in [5.74, 6) is -1.90. The van der Waals surface area contributed by atoms with Gasteiger partial charge >= 0.3 is 11.9 Å². The molecule has 1 amide bonds. The fourth-order valence-corrected chi connectivity index (χ4v) is 4.24. The molecular formula is C17H19N3O6S. The molecule has 0 aromatic carbocycles. The Kier molecular flexibility index (Phi) is 5.29. The van der Waals surface area contributed by atoms with Crippen molar-refractivity contribution in [3.63, 3.8) is 0 Å². The minimum Gasteiger partial charge on any atom is -0.465 e. The van der Waals surface area contributed by atoms with Crippen molar-refractivity contribution in [3.05, 3.63) is 44.0 Å². The highest BCUT2D eigenvalue weighted by Gasteiger charge is 2.30. The van der Waals surface area contributed by atoms with E-state index in [4.69, 9.17) is 9.15 Å². The Hall–Kier alpha value is -2.72. The Balaban J connectivity index is 1.91. The number of anilines is 1. The van der Waals surface area contributed by atoms with Crippen LogP contribution in [0.4, 0.5) is 10.9 Å². The van der Waals surface area contributed by atoms with Crippen molar-refractivity contribution in [2.45, 2.75) is 32.9 Å². The number of nitrogens with one attached hydrogen (secondary N) is 1. The topological polar surface area (TPSA) is 115 Å². The van der Waals surface area contributed by atoms with Gasteiger partial charge in [0.15, 0.2) is 5.76 Å². The van der Waals surface area contributed by atoms with E-state index < -0.39 is 22.7 Å². The third-order valence-corrected chi connectivity index (χ3v) is 5.56. The quantitative estimate of drug-likeness (QED) is 0.472. The number of nitrogens with zero attached hydrogens (tertiary/aromatic N) is 2. The number of hydrogen-bond acceptors (Lipinski definition) is 8. The third-order valence-electron chi connectivity index (χ3n) is 4.43.